The monoisotopic (exact) mass is 393 g/mol. The number of methoxy groups -OCH3 is 1. The van der Waals surface area contributed by atoms with Gasteiger partial charge in [-0.1, -0.05) is 18.2 Å². The van der Waals surface area contributed by atoms with Gasteiger partial charge in [-0.05, 0) is 19.1 Å². The number of carbonyl (C=O) groups is 2. The number of rotatable bonds is 5. The molecule has 2 aromatic heterocycles. The number of ether oxygens (including phenoxy) is 2. The van der Waals surface area contributed by atoms with E-state index in [0.29, 0.717) is 17.0 Å². The molecule has 0 fully saturated rings. The molecule has 0 saturated carbocycles. The van der Waals surface area contributed by atoms with Gasteiger partial charge in [-0.2, -0.15) is 5.10 Å². The van der Waals surface area contributed by atoms with E-state index in [1.807, 2.05) is 30.3 Å². The molecule has 0 aliphatic rings. The molecule has 1 N–H and O–H groups in total. The maximum Gasteiger partial charge on any atom is 0.356 e. The van der Waals surface area contributed by atoms with Gasteiger partial charge in [0.1, 0.15) is 22.6 Å². The van der Waals surface area contributed by atoms with Gasteiger partial charge >= 0.3 is 5.97 Å². The minimum atomic E-state index is -0.539. The Labute approximate surface area is 166 Å². The summed E-state index contributed by atoms with van der Waals surface area (Å²) >= 11 is 0. The zero-order valence-electron chi connectivity index (χ0n) is 16.2. The van der Waals surface area contributed by atoms with Crippen LogP contribution in [0.4, 0.5) is 5.69 Å². The zero-order valence-corrected chi connectivity index (χ0v) is 16.2. The van der Waals surface area contributed by atoms with Crippen LogP contribution in [0.2, 0.25) is 0 Å². The number of amides is 1. The van der Waals surface area contributed by atoms with Gasteiger partial charge < -0.3 is 19.2 Å². The average Bonchev–Trinajstić information content (AvgIpc) is 3.27. The maximum atomic E-state index is 12.7. The Hall–Kier alpha value is -3.81. The number of hydrogen-bond acceptors (Lipinski definition) is 6. The van der Waals surface area contributed by atoms with Crippen molar-refractivity contribution < 1.29 is 23.5 Å². The Kier molecular flexibility index (Phi) is 4.67. The van der Waals surface area contributed by atoms with Crippen molar-refractivity contribution in [2.75, 3.05) is 19.0 Å². The van der Waals surface area contributed by atoms with Crippen molar-refractivity contribution in [3.05, 3.63) is 53.9 Å². The third-order valence-corrected chi connectivity index (χ3v) is 4.54. The van der Waals surface area contributed by atoms with Gasteiger partial charge in [-0.15, -0.1) is 0 Å². The summed E-state index contributed by atoms with van der Waals surface area (Å²) in [5, 5.41) is 8.72. The third kappa shape index (κ3) is 3.29. The van der Waals surface area contributed by atoms with E-state index in [2.05, 4.69) is 10.4 Å². The molecule has 29 heavy (non-hydrogen) atoms. The number of fused-ring (bicyclic) bond motifs is 3. The van der Waals surface area contributed by atoms with Crippen LogP contribution >= 0.6 is 0 Å². The van der Waals surface area contributed by atoms with Crippen molar-refractivity contribution in [3.63, 3.8) is 0 Å². The molecule has 4 aromatic rings. The van der Waals surface area contributed by atoms with E-state index in [1.54, 1.807) is 20.0 Å². The number of benzene rings is 2. The first-order valence-electron chi connectivity index (χ1n) is 9.03. The Morgan fingerprint density at radius 2 is 1.93 bits per heavy atom. The molecule has 0 saturated heterocycles. The highest BCUT2D eigenvalue weighted by molar-refractivity contribution is 6.09. The molecule has 8 nitrogen and oxygen atoms in total. The highest BCUT2D eigenvalue weighted by Gasteiger charge is 2.20. The second-order valence-electron chi connectivity index (χ2n) is 6.36. The zero-order chi connectivity index (χ0) is 20.5. The molecule has 4 rings (SSSR count). The van der Waals surface area contributed by atoms with Crippen LogP contribution in [-0.2, 0) is 11.8 Å². The predicted molar refractivity (Wildman–Crippen MR) is 107 cm³/mol. The quantitative estimate of drug-likeness (QED) is 0.519. The molecular weight excluding hydrogens is 374 g/mol. The van der Waals surface area contributed by atoms with Crippen LogP contribution in [0, 0.1) is 0 Å². The van der Waals surface area contributed by atoms with E-state index < -0.39 is 11.9 Å². The largest absolute Gasteiger partial charge is 0.495 e. The van der Waals surface area contributed by atoms with Crippen LogP contribution in [0.5, 0.6) is 5.75 Å². The molecule has 2 heterocycles. The van der Waals surface area contributed by atoms with E-state index in [4.69, 9.17) is 13.9 Å². The summed E-state index contributed by atoms with van der Waals surface area (Å²) in [5.41, 5.74) is 2.08. The number of aryl methyl sites for hydroxylation is 1. The molecule has 0 atom stereocenters. The summed E-state index contributed by atoms with van der Waals surface area (Å²) in [5.74, 6) is -0.535. The lowest BCUT2D eigenvalue weighted by atomic mass is 10.1. The SMILES string of the molecule is CCOC(=O)c1cc(C(=O)Nc2cc3oc4ccccc4c3cc2OC)nn1C. The Balaban J connectivity index is 1.68. The van der Waals surface area contributed by atoms with Gasteiger partial charge in [0.15, 0.2) is 5.69 Å². The van der Waals surface area contributed by atoms with E-state index in [1.165, 1.54) is 17.9 Å². The van der Waals surface area contributed by atoms with Crippen LogP contribution in [0.1, 0.15) is 27.9 Å². The van der Waals surface area contributed by atoms with Crippen LogP contribution in [0.25, 0.3) is 21.9 Å². The first-order chi connectivity index (χ1) is 14.0. The predicted octanol–water partition coefficient (Wildman–Crippen LogP) is 3.76. The fraction of sp³-hybridized carbons (Fsp3) is 0.190. The van der Waals surface area contributed by atoms with E-state index in [9.17, 15) is 9.59 Å². The number of hydrogen-bond donors (Lipinski definition) is 1. The minimum Gasteiger partial charge on any atom is -0.495 e. The highest BCUT2D eigenvalue weighted by atomic mass is 16.5. The summed E-state index contributed by atoms with van der Waals surface area (Å²) < 4.78 is 17.6. The molecule has 1 amide bonds. The van der Waals surface area contributed by atoms with Gasteiger partial charge in [0.25, 0.3) is 5.91 Å². The number of aromatic nitrogens is 2. The number of anilines is 1. The topological polar surface area (TPSA) is 95.6 Å². The smallest absolute Gasteiger partial charge is 0.356 e. The normalized spacial score (nSPS) is 11.0. The lowest BCUT2D eigenvalue weighted by Crippen LogP contribution is -2.13. The van der Waals surface area contributed by atoms with Crippen LogP contribution < -0.4 is 10.1 Å². The van der Waals surface area contributed by atoms with E-state index in [-0.39, 0.29) is 18.0 Å². The minimum absolute atomic E-state index is 0.0855. The van der Waals surface area contributed by atoms with Gasteiger partial charge in [-0.25, -0.2) is 4.79 Å². The fourth-order valence-corrected chi connectivity index (χ4v) is 3.18. The van der Waals surface area contributed by atoms with Crippen LogP contribution in [0.15, 0.2) is 46.9 Å². The van der Waals surface area contributed by atoms with Crippen molar-refractivity contribution in [3.8, 4) is 5.75 Å². The van der Waals surface area contributed by atoms with E-state index >= 15 is 0 Å². The molecule has 0 radical (unpaired) electrons. The van der Waals surface area contributed by atoms with Gasteiger partial charge in [0, 0.05) is 30.0 Å². The summed E-state index contributed by atoms with van der Waals surface area (Å²) in [6.45, 7) is 1.95. The molecular formula is C21H19N3O5. The molecule has 2 aromatic carbocycles. The Morgan fingerprint density at radius 1 is 1.14 bits per heavy atom. The van der Waals surface area contributed by atoms with E-state index in [0.717, 1.165) is 16.4 Å². The van der Waals surface area contributed by atoms with Crippen molar-refractivity contribution >= 4 is 39.5 Å². The van der Waals surface area contributed by atoms with Crippen LogP contribution in [-0.4, -0.2) is 35.4 Å². The van der Waals surface area contributed by atoms with Crippen molar-refractivity contribution in [1.82, 2.24) is 9.78 Å². The molecule has 0 unspecified atom stereocenters. The lowest BCUT2D eigenvalue weighted by Gasteiger charge is -2.09. The Morgan fingerprint density at radius 3 is 2.69 bits per heavy atom. The molecule has 0 spiro atoms. The Bertz CT molecular complexity index is 1240. The van der Waals surface area contributed by atoms with Crippen LogP contribution in [0.3, 0.4) is 0 Å². The number of para-hydroxylation sites is 1. The molecule has 0 aliphatic heterocycles. The summed E-state index contributed by atoms with van der Waals surface area (Å²) in [6.07, 6.45) is 0. The second kappa shape index (κ2) is 7.31. The van der Waals surface area contributed by atoms with Crippen molar-refractivity contribution in [1.29, 1.82) is 0 Å². The summed E-state index contributed by atoms with van der Waals surface area (Å²) in [6, 6.07) is 12.6. The van der Waals surface area contributed by atoms with Crippen molar-refractivity contribution in [2.24, 2.45) is 7.05 Å². The summed E-state index contributed by atoms with van der Waals surface area (Å²) in [7, 11) is 3.10. The standard InChI is InChI=1S/C21H19N3O5/c1-4-28-21(26)16-10-15(23-24(16)2)20(25)22-14-11-18-13(9-19(14)27-3)12-7-5-6-8-17(12)29-18/h5-11H,4H2,1-3H3,(H,22,25). The second-order valence-corrected chi connectivity index (χ2v) is 6.36. The highest BCUT2D eigenvalue weighted by Crippen LogP contribution is 2.36. The number of esters is 1. The number of carbonyl (C=O) groups excluding carboxylic acids is 2. The number of nitrogens with zero attached hydrogens (tertiary/aromatic N) is 2. The van der Waals surface area contributed by atoms with Gasteiger partial charge in [0.05, 0.1) is 19.4 Å². The lowest BCUT2D eigenvalue weighted by molar-refractivity contribution is 0.0513. The summed E-state index contributed by atoms with van der Waals surface area (Å²) in [4.78, 5) is 24.7. The molecule has 8 heteroatoms. The molecule has 0 aliphatic carbocycles. The third-order valence-electron chi connectivity index (χ3n) is 4.54. The number of nitrogens with one attached hydrogen (secondary N) is 1. The number of furan rings is 1. The molecule has 0 bridgehead atoms. The van der Waals surface area contributed by atoms with Crippen molar-refractivity contribution in [2.45, 2.75) is 6.92 Å². The molecule has 148 valence electrons. The fourth-order valence-electron chi connectivity index (χ4n) is 3.18. The van der Waals surface area contributed by atoms with Gasteiger partial charge in [0.2, 0.25) is 0 Å². The van der Waals surface area contributed by atoms with Gasteiger partial charge in [-0.3, -0.25) is 9.48 Å². The first-order valence-corrected chi connectivity index (χ1v) is 9.03. The first kappa shape index (κ1) is 18.5. The average molecular weight is 393 g/mol. The maximum absolute atomic E-state index is 12.7.